The number of amides is 1. The van der Waals surface area contributed by atoms with Crippen LogP contribution < -0.4 is 5.32 Å². The summed E-state index contributed by atoms with van der Waals surface area (Å²) in [6, 6.07) is 0. The first-order valence-corrected chi connectivity index (χ1v) is 5.68. The van der Waals surface area contributed by atoms with Gasteiger partial charge in [-0.25, -0.2) is 0 Å². The van der Waals surface area contributed by atoms with E-state index in [2.05, 4.69) is 5.32 Å². The van der Waals surface area contributed by atoms with Crippen LogP contribution in [0.3, 0.4) is 0 Å². The fraction of sp³-hybridized carbons (Fsp3) is 0.667. The Labute approximate surface area is 99.8 Å². The summed E-state index contributed by atoms with van der Waals surface area (Å²) in [4.78, 5) is 23.3. The first-order valence-electron chi connectivity index (χ1n) is 5.68. The molecule has 5 heteroatoms. The molecule has 1 saturated heterocycles. The van der Waals surface area contributed by atoms with E-state index in [1.165, 1.54) is 0 Å². The molecule has 2 N–H and O–H groups in total. The van der Waals surface area contributed by atoms with Gasteiger partial charge in [-0.2, -0.15) is 0 Å². The van der Waals surface area contributed by atoms with Crippen molar-refractivity contribution in [1.82, 2.24) is 5.32 Å². The number of ether oxygens (including phenoxy) is 1. The topological polar surface area (TPSA) is 75.6 Å². The number of hydrogen-bond acceptors (Lipinski definition) is 3. The lowest BCUT2D eigenvalue weighted by molar-refractivity contribution is -0.147. The van der Waals surface area contributed by atoms with Gasteiger partial charge in [0.25, 0.3) is 0 Å². The van der Waals surface area contributed by atoms with E-state index in [9.17, 15) is 9.59 Å². The predicted molar refractivity (Wildman–Crippen MR) is 60.3 cm³/mol. The van der Waals surface area contributed by atoms with Crippen molar-refractivity contribution in [3.05, 3.63) is 12.2 Å². The summed E-state index contributed by atoms with van der Waals surface area (Å²) >= 11 is 0. The van der Waals surface area contributed by atoms with Crippen molar-refractivity contribution in [1.29, 1.82) is 0 Å². The molecule has 0 spiro atoms. The molecule has 5 nitrogen and oxygen atoms in total. The second kappa shape index (κ2) is 3.84. The molecule has 0 saturated carbocycles. The fourth-order valence-electron chi connectivity index (χ4n) is 2.37. The van der Waals surface area contributed by atoms with Crippen LogP contribution in [0.4, 0.5) is 0 Å². The van der Waals surface area contributed by atoms with Gasteiger partial charge in [0.2, 0.25) is 5.91 Å². The Kier molecular flexibility index (Phi) is 2.73. The minimum atomic E-state index is -0.976. The molecule has 0 aliphatic carbocycles. The molecular weight excluding hydrogens is 222 g/mol. The number of nitrogens with one attached hydrogen (secondary N) is 1. The maximum Gasteiger partial charge on any atom is 0.310 e. The van der Waals surface area contributed by atoms with Crippen LogP contribution in [0.1, 0.15) is 20.8 Å². The van der Waals surface area contributed by atoms with Crippen molar-refractivity contribution in [3.63, 3.8) is 0 Å². The number of carbonyl (C=O) groups is 2. The lowest BCUT2D eigenvalue weighted by atomic mass is 9.82. The van der Waals surface area contributed by atoms with Crippen LogP contribution in [-0.4, -0.2) is 34.7 Å². The normalized spacial score (nSPS) is 35.0. The SMILES string of the molecule is CC(C)(C)NC(=O)[C@H]1[C@@H](C(=O)O)[C@@H]2C=C[C@H]1O2. The standard InChI is InChI=1S/C12H17NO4/c1-12(2,3)13-10(14)8-6-4-5-7(17-6)9(8)11(15)16/h4-9H,1-3H3,(H,13,14)(H,15,16)/t6-,7+,8-,9+/m1/s1. The van der Waals surface area contributed by atoms with Gasteiger partial charge in [-0.15, -0.1) is 0 Å². The van der Waals surface area contributed by atoms with Crippen LogP contribution in [0.15, 0.2) is 12.2 Å². The molecule has 1 amide bonds. The van der Waals surface area contributed by atoms with E-state index in [4.69, 9.17) is 9.84 Å². The van der Waals surface area contributed by atoms with Crippen LogP contribution in [0.5, 0.6) is 0 Å². The predicted octanol–water partition coefficient (Wildman–Crippen LogP) is 0.555. The van der Waals surface area contributed by atoms with Crippen LogP contribution in [-0.2, 0) is 14.3 Å². The molecule has 1 fully saturated rings. The number of aliphatic carboxylic acids is 1. The van der Waals surface area contributed by atoms with Gasteiger partial charge in [-0.3, -0.25) is 9.59 Å². The Morgan fingerprint density at radius 2 is 1.71 bits per heavy atom. The fourth-order valence-corrected chi connectivity index (χ4v) is 2.37. The summed E-state index contributed by atoms with van der Waals surface area (Å²) in [6.07, 6.45) is 2.64. The third-order valence-electron chi connectivity index (χ3n) is 2.99. The molecule has 2 heterocycles. The number of carboxylic acid groups (broad SMARTS) is 1. The molecular formula is C12H17NO4. The zero-order valence-electron chi connectivity index (χ0n) is 10.1. The minimum absolute atomic E-state index is 0.248. The number of carboxylic acids is 1. The van der Waals surface area contributed by atoms with Crippen molar-refractivity contribution >= 4 is 11.9 Å². The average molecular weight is 239 g/mol. The number of hydrogen-bond donors (Lipinski definition) is 2. The first-order chi connectivity index (χ1) is 7.79. The molecule has 4 atom stereocenters. The second-order valence-corrected chi connectivity index (χ2v) is 5.58. The van der Waals surface area contributed by atoms with Crippen LogP contribution >= 0.6 is 0 Å². The van der Waals surface area contributed by atoms with Gasteiger partial charge < -0.3 is 15.2 Å². The lowest BCUT2D eigenvalue weighted by Gasteiger charge is -2.26. The van der Waals surface area contributed by atoms with Crippen LogP contribution in [0.2, 0.25) is 0 Å². The number of rotatable bonds is 2. The average Bonchev–Trinajstić information content (AvgIpc) is 2.72. The van der Waals surface area contributed by atoms with E-state index in [0.717, 1.165) is 0 Å². The highest BCUT2D eigenvalue weighted by atomic mass is 16.5. The molecule has 2 rings (SSSR count). The Morgan fingerprint density at radius 3 is 2.18 bits per heavy atom. The Balaban J connectivity index is 2.17. The molecule has 0 aromatic heterocycles. The molecule has 2 aliphatic rings. The largest absolute Gasteiger partial charge is 0.481 e. The molecule has 0 unspecified atom stereocenters. The Morgan fingerprint density at radius 1 is 1.18 bits per heavy atom. The monoisotopic (exact) mass is 239 g/mol. The maximum absolute atomic E-state index is 12.1. The maximum atomic E-state index is 12.1. The molecule has 0 aromatic carbocycles. The molecule has 0 aromatic rings. The molecule has 0 radical (unpaired) electrons. The van der Waals surface area contributed by atoms with E-state index in [-0.39, 0.29) is 11.4 Å². The van der Waals surface area contributed by atoms with Gasteiger partial charge in [0.15, 0.2) is 0 Å². The van der Waals surface area contributed by atoms with Crippen LogP contribution in [0, 0.1) is 11.8 Å². The highest BCUT2D eigenvalue weighted by Gasteiger charge is 2.53. The molecule has 2 aliphatic heterocycles. The van der Waals surface area contributed by atoms with Gasteiger partial charge in [-0.1, -0.05) is 12.2 Å². The summed E-state index contributed by atoms with van der Waals surface area (Å²) in [6.45, 7) is 5.60. The first kappa shape index (κ1) is 12.1. The zero-order valence-corrected chi connectivity index (χ0v) is 10.1. The van der Waals surface area contributed by atoms with Crippen molar-refractivity contribution in [2.45, 2.75) is 38.5 Å². The molecule has 17 heavy (non-hydrogen) atoms. The summed E-state index contributed by atoms with van der Waals surface area (Å²) in [7, 11) is 0. The quantitative estimate of drug-likeness (QED) is 0.690. The second-order valence-electron chi connectivity index (χ2n) is 5.58. The van der Waals surface area contributed by atoms with Gasteiger partial charge in [0, 0.05) is 5.54 Å². The van der Waals surface area contributed by atoms with Crippen LogP contribution in [0.25, 0.3) is 0 Å². The summed E-state index contributed by atoms with van der Waals surface area (Å²) in [5, 5.41) is 12.0. The number of carbonyl (C=O) groups excluding carboxylic acids is 1. The van der Waals surface area contributed by atoms with Crippen molar-refractivity contribution in [3.8, 4) is 0 Å². The van der Waals surface area contributed by atoms with Gasteiger partial charge in [0.05, 0.1) is 18.1 Å². The van der Waals surface area contributed by atoms with Gasteiger partial charge in [-0.05, 0) is 20.8 Å². The van der Waals surface area contributed by atoms with E-state index >= 15 is 0 Å². The highest BCUT2D eigenvalue weighted by molar-refractivity contribution is 5.87. The van der Waals surface area contributed by atoms with Crippen molar-refractivity contribution in [2.75, 3.05) is 0 Å². The van der Waals surface area contributed by atoms with E-state index in [0.29, 0.717) is 0 Å². The molecule has 2 bridgehead atoms. The van der Waals surface area contributed by atoms with E-state index in [1.54, 1.807) is 12.2 Å². The lowest BCUT2D eigenvalue weighted by Crippen LogP contribution is -2.49. The van der Waals surface area contributed by atoms with Crippen molar-refractivity contribution < 1.29 is 19.4 Å². The molecule has 94 valence electrons. The minimum Gasteiger partial charge on any atom is -0.481 e. The zero-order chi connectivity index (χ0) is 12.8. The smallest absolute Gasteiger partial charge is 0.310 e. The summed E-state index contributed by atoms with van der Waals surface area (Å²) in [5.41, 5.74) is -0.369. The number of fused-ring (bicyclic) bond motifs is 2. The third kappa shape index (κ3) is 2.20. The highest BCUT2D eigenvalue weighted by Crippen LogP contribution is 2.39. The summed E-state index contributed by atoms with van der Waals surface area (Å²) < 4.78 is 5.44. The van der Waals surface area contributed by atoms with Gasteiger partial charge >= 0.3 is 5.97 Å². The van der Waals surface area contributed by atoms with E-state index in [1.807, 2.05) is 20.8 Å². The Hall–Kier alpha value is -1.36. The third-order valence-corrected chi connectivity index (χ3v) is 2.99. The van der Waals surface area contributed by atoms with Gasteiger partial charge in [0.1, 0.15) is 5.92 Å². The van der Waals surface area contributed by atoms with E-state index < -0.39 is 30.0 Å². The summed E-state index contributed by atoms with van der Waals surface area (Å²) in [5.74, 6) is -2.62. The Bertz CT molecular complexity index is 382. The van der Waals surface area contributed by atoms with Crippen molar-refractivity contribution in [2.24, 2.45) is 11.8 Å².